The highest BCUT2D eigenvalue weighted by molar-refractivity contribution is 7.09. The van der Waals surface area contributed by atoms with Gasteiger partial charge in [0.15, 0.2) is 0 Å². The van der Waals surface area contributed by atoms with Crippen molar-refractivity contribution in [2.75, 3.05) is 0 Å². The summed E-state index contributed by atoms with van der Waals surface area (Å²) in [4.78, 5) is 4.43. The van der Waals surface area contributed by atoms with E-state index in [0.29, 0.717) is 5.92 Å². The van der Waals surface area contributed by atoms with Gasteiger partial charge < -0.3 is 5.11 Å². The Kier molecular flexibility index (Phi) is 4.36. The quantitative estimate of drug-likeness (QED) is 0.821. The highest BCUT2D eigenvalue weighted by atomic mass is 32.1. The lowest BCUT2D eigenvalue weighted by atomic mass is 9.91. The number of thiazole rings is 1. The zero-order valence-corrected chi connectivity index (χ0v) is 10.8. The molecule has 0 aliphatic heterocycles. The van der Waals surface area contributed by atoms with Crippen molar-refractivity contribution in [1.29, 1.82) is 0 Å². The SMILES string of the molecule is Cc1nc(CC(O)C2CCCCCC2)cs1. The van der Waals surface area contributed by atoms with Crippen LogP contribution in [0.15, 0.2) is 5.38 Å². The van der Waals surface area contributed by atoms with Gasteiger partial charge in [0, 0.05) is 11.8 Å². The molecular formula is C13H21NOS. The second-order valence-corrected chi connectivity index (χ2v) is 5.94. The molecule has 1 atom stereocenters. The molecule has 1 aromatic rings. The van der Waals surface area contributed by atoms with Crippen molar-refractivity contribution in [2.45, 2.75) is 58.0 Å². The summed E-state index contributed by atoms with van der Waals surface area (Å²) in [6.07, 6.45) is 8.23. The molecule has 16 heavy (non-hydrogen) atoms. The molecule has 1 heterocycles. The Labute approximate surface area is 102 Å². The molecule has 0 aromatic carbocycles. The molecule has 1 fully saturated rings. The monoisotopic (exact) mass is 239 g/mol. The molecule has 2 rings (SSSR count). The molecule has 1 aliphatic carbocycles. The Balaban J connectivity index is 1.88. The fraction of sp³-hybridized carbons (Fsp3) is 0.769. The molecule has 1 saturated carbocycles. The van der Waals surface area contributed by atoms with Crippen molar-refractivity contribution in [3.05, 3.63) is 16.1 Å². The molecule has 0 bridgehead atoms. The summed E-state index contributed by atoms with van der Waals surface area (Å²) in [7, 11) is 0. The lowest BCUT2D eigenvalue weighted by Gasteiger charge is -2.20. The predicted octanol–water partition coefficient (Wildman–Crippen LogP) is 3.33. The van der Waals surface area contributed by atoms with E-state index >= 15 is 0 Å². The summed E-state index contributed by atoms with van der Waals surface area (Å²) < 4.78 is 0. The molecule has 90 valence electrons. The van der Waals surface area contributed by atoms with E-state index < -0.39 is 0 Å². The Morgan fingerprint density at radius 2 is 2.06 bits per heavy atom. The van der Waals surface area contributed by atoms with Gasteiger partial charge in [-0.2, -0.15) is 0 Å². The summed E-state index contributed by atoms with van der Waals surface area (Å²) in [5.41, 5.74) is 1.07. The first kappa shape index (κ1) is 12.1. The molecule has 1 aromatic heterocycles. The third-order valence-corrected chi connectivity index (χ3v) is 4.35. The normalized spacial score (nSPS) is 20.6. The van der Waals surface area contributed by atoms with Crippen molar-refractivity contribution in [3.63, 3.8) is 0 Å². The van der Waals surface area contributed by atoms with Crippen LogP contribution in [0.3, 0.4) is 0 Å². The van der Waals surface area contributed by atoms with E-state index in [1.54, 1.807) is 11.3 Å². The number of aryl methyl sites for hydroxylation is 1. The fourth-order valence-electron chi connectivity index (χ4n) is 2.58. The number of hydrogen-bond acceptors (Lipinski definition) is 3. The minimum Gasteiger partial charge on any atom is -0.392 e. The molecule has 1 aliphatic rings. The molecule has 1 unspecified atom stereocenters. The average molecular weight is 239 g/mol. The first-order chi connectivity index (χ1) is 7.75. The molecule has 0 saturated heterocycles. The van der Waals surface area contributed by atoms with Crippen LogP contribution in [0.2, 0.25) is 0 Å². The van der Waals surface area contributed by atoms with E-state index in [9.17, 15) is 5.11 Å². The maximum atomic E-state index is 10.2. The summed E-state index contributed by atoms with van der Waals surface area (Å²) >= 11 is 1.67. The van der Waals surface area contributed by atoms with Gasteiger partial charge in [-0.3, -0.25) is 0 Å². The third kappa shape index (κ3) is 3.29. The molecule has 3 heteroatoms. The van der Waals surface area contributed by atoms with Crippen LogP contribution < -0.4 is 0 Å². The second-order valence-electron chi connectivity index (χ2n) is 4.88. The van der Waals surface area contributed by atoms with Crippen LogP contribution in [0.5, 0.6) is 0 Å². The van der Waals surface area contributed by atoms with E-state index in [0.717, 1.165) is 17.1 Å². The van der Waals surface area contributed by atoms with Crippen molar-refractivity contribution >= 4 is 11.3 Å². The van der Waals surface area contributed by atoms with Crippen LogP contribution in [0, 0.1) is 12.8 Å². The molecule has 1 N–H and O–H groups in total. The van der Waals surface area contributed by atoms with Gasteiger partial charge in [-0.1, -0.05) is 25.7 Å². The molecule has 0 radical (unpaired) electrons. The third-order valence-electron chi connectivity index (χ3n) is 3.53. The van der Waals surface area contributed by atoms with E-state index in [4.69, 9.17) is 0 Å². The van der Waals surface area contributed by atoms with E-state index in [-0.39, 0.29) is 6.10 Å². The first-order valence-corrected chi connectivity index (χ1v) is 7.23. The summed E-state index contributed by atoms with van der Waals surface area (Å²) in [5.74, 6) is 0.504. The Morgan fingerprint density at radius 1 is 1.38 bits per heavy atom. The van der Waals surface area contributed by atoms with Crippen molar-refractivity contribution in [2.24, 2.45) is 5.92 Å². The maximum absolute atomic E-state index is 10.2. The Bertz CT molecular complexity index is 315. The van der Waals surface area contributed by atoms with Gasteiger partial charge in [-0.15, -0.1) is 11.3 Å². The van der Waals surface area contributed by atoms with E-state index in [1.165, 1.54) is 38.5 Å². The van der Waals surface area contributed by atoms with Gasteiger partial charge in [0.2, 0.25) is 0 Å². The first-order valence-electron chi connectivity index (χ1n) is 6.35. The number of rotatable bonds is 3. The number of hydrogen-bond donors (Lipinski definition) is 1. The Hall–Kier alpha value is -0.410. The lowest BCUT2D eigenvalue weighted by molar-refractivity contribution is 0.0978. The van der Waals surface area contributed by atoms with Crippen molar-refractivity contribution in [3.8, 4) is 0 Å². The van der Waals surface area contributed by atoms with Gasteiger partial charge in [0.25, 0.3) is 0 Å². The smallest absolute Gasteiger partial charge is 0.0897 e. The van der Waals surface area contributed by atoms with Gasteiger partial charge in [-0.25, -0.2) is 4.98 Å². The predicted molar refractivity (Wildman–Crippen MR) is 67.8 cm³/mol. The fourth-order valence-corrected chi connectivity index (χ4v) is 3.20. The van der Waals surface area contributed by atoms with Crippen LogP contribution in [-0.2, 0) is 6.42 Å². The van der Waals surface area contributed by atoms with Gasteiger partial charge >= 0.3 is 0 Å². The Morgan fingerprint density at radius 3 is 2.62 bits per heavy atom. The number of nitrogens with zero attached hydrogens (tertiary/aromatic N) is 1. The number of aliphatic hydroxyl groups excluding tert-OH is 1. The van der Waals surface area contributed by atoms with Crippen LogP contribution in [-0.4, -0.2) is 16.2 Å². The summed E-state index contributed by atoms with van der Waals surface area (Å²) in [5, 5.41) is 13.4. The largest absolute Gasteiger partial charge is 0.392 e. The van der Waals surface area contributed by atoms with Crippen molar-refractivity contribution in [1.82, 2.24) is 4.98 Å². The van der Waals surface area contributed by atoms with E-state index in [1.807, 2.05) is 6.92 Å². The van der Waals surface area contributed by atoms with Crippen LogP contribution in [0.4, 0.5) is 0 Å². The number of aromatic nitrogens is 1. The minimum absolute atomic E-state index is 0.181. The van der Waals surface area contributed by atoms with Gasteiger partial charge in [0.1, 0.15) is 0 Å². The molecule has 0 spiro atoms. The van der Waals surface area contributed by atoms with Gasteiger partial charge in [0.05, 0.1) is 16.8 Å². The maximum Gasteiger partial charge on any atom is 0.0897 e. The van der Waals surface area contributed by atoms with Crippen molar-refractivity contribution < 1.29 is 5.11 Å². The molecular weight excluding hydrogens is 218 g/mol. The topological polar surface area (TPSA) is 33.1 Å². The van der Waals surface area contributed by atoms with Crippen LogP contribution in [0.25, 0.3) is 0 Å². The highest BCUT2D eigenvalue weighted by Crippen LogP contribution is 2.27. The zero-order valence-electron chi connectivity index (χ0n) is 9.98. The van der Waals surface area contributed by atoms with Crippen LogP contribution >= 0.6 is 11.3 Å². The average Bonchev–Trinajstić information content (AvgIpc) is 2.56. The highest BCUT2D eigenvalue weighted by Gasteiger charge is 2.21. The van der Waals surface area contributed by atoms with Crippen LogP contribution in [0.1, 0.15) is 49.2 Å². The zero-order chi connectivity index (χ0) is 11.4. The molecule has 0 amide bonds. The standard InChI is InChI=1S/C13H21NOS/c1-10-14-12(9-16-10)8-13(15)11-6-4-2-3-5-7-11/h9,11,13,15H,2-8H2,1H3. The molecule has 2 nitrogen and oxygen atoms in total. The summed E-state index contributed by atoms with van der Waals surface area (Å²) in [6, 6.07) is 0. The summed E-state index contributed by atoms with van der Waals surface area (Å²) in [6.45, 7) is 2.02. The second kappa shape index (κ2) is 5.78. The lowest BCUT2D eigenvalue weighted by Crippen LogP contribution is -2.22. The minimum atomic E-state index is -0.181. The van der Waals surface area contributed by atoms with E-state index in [2.05, 4.69) is 10.4 Å². The van der Waals surface area contributed by atoms with Gasteiger partial charge in [-0.05, 0) is 25.7 Å². The number of aliphatic hydroxyl groups is 1.